The molecule has 0 unspecified atom stereocenters. The number of carbonyl (C=O) groups is 1. The van der Waals surface area contributed by atoms with Crippen molar-refractivity contribution in [1.29, 1.82) is 0 Å². The first-order valence-corrected chi connectivity index (χ1v) is 11.4. The Morgan fingerprint density at radius 2 is 1.90 bits per heavy atom. The average Bonchev–Trinajstić information content (AvgIpc) is 3.19. The van der Waals surface area contributed by atoms with Crippen LogP contribution in [0.3, 0.4) is 0 Å². The van der Waals surface area contributed by atoms with Crippen molar-refractivity contribution < 1.29 is 4.79 Å². The molecule has 3 heterocycles. The van der Waals surface area contributed by atoms with E-state index in [1.165, 1.54) is 11.8 Å². The van der Waals surface area contributed by atoms with Gasteiger partial charge in [0.2, 0.25) is 5.91 Å². The lowest BCUT2D eigenvalue weighted by molar-refractivity contribution is -0.129. The molecular formula is C22H24ClN5OS. The molecule has 0 radical (unpaired) electrons. The van der Waals surface area contributed by atoms with Crippen LogP contribution in [0.2, 0.25) is 5.02 Å². The van der Waals surface area contributed by atoms with Crippen LogP contribution in [0.5, 0.6) is 0 Å². The third-order valence-electron chi connectivity index (χ3n) is 5.51. The molecule has 1 amide bonds. The van der Waals surface area contributed by atoms with Gasteiger partial charge in [0, 0.05) is 36.1 Å². The van der Waals surface area contributed by atoms with Gasteiger partial charge in [0.1, 0.15) is 0 Å². The summed E-state index contributed by atoms with van der Waals surface area (Å²) in [4.78, 5) is 18.8. The second kappa shape index (κ2) is 9.18. The third kappa shape index (κ3) is 4.37. The zero-order valence-corrected chi connectivity index (χ0v) is 18.7. The Labute approximate surface area is 185 Å². The van der Waals surface area contributed by atoms with Crippen molar-refractivity contribution in [3.8, 4) is 17.1 Å². The molecule has 0 saturated carbocycles. The van der Waals surface area contributed by atoms with Crippen LogP contribution in [-0.4, -0.2) is 49.4 Å². The number of halogens is 1. The molecule has 1 fully saturated rings. The number of nitrogens with zero attached hydrogens (tertiary/aromatic N) is 5. The van der Waals surface area contributed by atoms with Crippen LogP contribution in [0.4, 0.5) is 0 Å². The van der Waals surface area contributed by atoms with Gasteiger partial charge in [-0.1, -0.05) is 36.4 Å². The Morgan fingerprint density at radius 1 is 1.17 bits per heavy atom. The summed E-state index contributed by atoms with van der Waals surface area (Å²) < 4.78 is 1.98. The second-order valence-corrected chi connectivity index (χ2v) is 8.96. The van der Waals surface area contributed by atoms with Crippen molar-refractivity contribution in [2.24, 2.45) is 5.92 Å². The number of likely N-dealkylation sites (tertiary alicyclic amines) is 1. The van der Waals surface area contributed by atoms with Crippen LogP contribution in [0.1, 0.15) is 25.3 Å². The molecule has 1 aromatic carbocycles. The normalized spacial score (nSPS) is 14.8. The van der Waals surface area contributed by atoms with Gasteiger partial charge in [-0.3, -0.25) is 14.3 Å². The molecule has 0 atom stereocenters. The highest BCUT2D eigenvalue weighted by Crippen LogP contribution is 2.31. The van der Waals surface area contributed by atoms with E-state index in [1.54, 1.807) is 12.4 Å². The first-order chi connectivity index (χ1) is 14.5. The summed E-state index contributed by atoms with van der Waals surface area (Å²) in [5.41, 5.74) is 2.74. The molecule has 1 aliphatic heterocycles. The molecule has 0 aliphatic carbocycles. The Balaban J connectivity index is 1.64. The zero-order valence-electron chi connectivity index (χ0n) is 17.1. The molecule has 8 heteroatoms. The van der Waals surface area contributed by atoms with E-state index < -0.39 is 0 Å². The molecule has 3 aromatic rings. The fourth-order valence-electron chi connectivity index (χ4n) is 3.58. The van der Waals surface area contributed by atoms with Gasteiger partial charge in [-0.05, 0) is 55.5 Å². The van der Waals surface area contributed by atoms with Gasteiger partial charge >= 0.3 is 0 Å². The Morgan fingerprint density at radius 3 is 2.63 bits per heavy atom. The molecule has 2 aromatic heterocycles. The molecule has 0 spiro atoms. The molecular weight excluding hydrogens is 418 g/mol. The second-order valence-electron chi connectivity index (χ2n) is 7.61. The minimum Gasteiger partial charge on any atom is -0.342 e. The minimum atomic E-state index is 0.148. The van der Waals surface area contributed by atoms with Gasteiger partial charge < -0.3 is 4.90 Å². The summed E-state index contributed by atoms with van der Waals surface area (Å²) in [6.07, 6.45) is 5.60. The first-order valence-electron chi connectivity index (χ1n) is 10.1. The van der Waals surface area contributed by atoms with Crippen LogP contribution < -0.4 is 0 Å². The van der Waals surface area contributed by atoms with E-state index in [0.717, 1.165) is 42.7 Å². The van der Waals surface area contributed by atoms with Gasteiger partial charge in [-0.2, -0.15) is 0 Å². The highest BCUT2D eigenvalue weighted by Gasteiger charge is 2.23. The topological polar surface area (TPSA) is 63.9 Å². The molecule has 156 valence electrons. The lowest BCUT2D eigenvalue weighted by atomic mass is 9.99. The van der Waals surface area contributed by atoms with Crippen molar-refractivity contribution in [3.63, 3.8) is 0 Å². The van der Waals surface area contributed by atoms with E-state index >= 15 is 0 Å². The number of piperidine rings is 1. The van der Waals surface area contributed by atoms with Crippen molar-refractivity contribution in [2.45, 2.75) is 31.8 Å². The van der Waals surface area contributed by atoms with Gasteiger partial charge in [0.25, 0.3) is 0 Å². The van der Waals surface area contributed by atoms with E-state index in [1.807, 2.05) is 46.7 Å². The van der Waals surface area contributed by atoms with E-state index in [9.17, 15) is 4.79 Å². The number of rotatable bonds is 5. The van der Waals surface area contributed by atoms with Crippen LogP contribution in [0.25, 0.3) is 17.1 Å². The maximum atomic E-state index is 12.7. The highest BCUT2D eigenvalue weighted by molar-refractivity contribution is 7.99. The van der Waals surface area contributed by atoms with E-state index in [-0.39, 0.29) is 5.91 Å². The quantitative estimate of drug-likeness (QED) is 0.539. The maximum absolute atomic E-state index is 12.7. The van der Waals surface area contributed by atoms with Crippen LogP contribution in [0.15, 0.2) is 47.9 Å². The Hall–Kier alpha value is -2.38. The Bertz CT molecular complexity index is 1030. The number of hydrogen-bond acceptors (Lipinski definition) is 5. The van der Waals surface area contributed by atoms with Crippen molar-refractivity contribution in [2.75, 3.05) is 18.8 Å². The fourth-order valence-corrected chi connectivity index (χ4v) is 4.60. The molecule has 6 nitrogen and oxygen atoms in total. The zero-order chi connectivity index (χ0) is 21.1. The molecule has 30 heavy (non-hydrogen) atoms. The van der Waals surface area contributed by atoms with E-state index in [4.69, 9.17) is 11.6 Å². The van der Waals surface area contributed by atoms with Crippen molar-refractivity contribution in [3.05, 3.63) is 53.3 Å². The lowest BCUT2D eigenvalue weighted by Crippen LogP contribution is -2.38. The number of benzene rings is 1. The van der Waals surface area contributed by atoms with Gasteiger partial charge in [0.05, 0.1) is 11.4 Å². The van der Waals surface area contributed by atoms with E-state index in [2.05, 4.69) is 22.1 Å². The maximum Gasteiger partial charge on any atom is 0.233 e. The SMILES string of the molecule is Cc1c(Cl)cccc1-n1c(SCC(=O)N2CCC(C)CC2)nnc1-c1ccncc1. The van der Waals surface area contributed by atoms with Crippen molar-refractivity contribution in [1.82, 2.24) is 24.6 Å². The summed E-state index contributed by atoms with van der Waals surface area (Å²) in [6.45, 7) is 5.89. The largest absolute Gasteiger partial charge is 0.342 e. The monoisotopic (exact) mass is 441 g/mol. The number of pyridine rings is 1. The van der Waals surface area contributed by atoms with Crippen LogP contribution in [-0.2, 0) is 4.79 Å². The molecule has 0 N–H and O–H groups in total. The standard InChI is InChI=1S/C22H24ClN5OS/c1-15-8-12-27(13-9-15)20(29)14-30-22-26-25-21(17-6-10-24-11-7-17)28(22)19-5-3-4-18(23)16(19)2/h3-7,10-11,15H,8-9,12-14H2,1-2H3. The van der Waals surface area contributed by atoms with Gasteiger partial charge in [-0.25, -0.2) is 0 Å². The Kier molecular flexibility index (Phi) is 6.39. The van der Waals surface area contributed by atoms with E-state index in [0.29, 0.717) is 27.7 Å². The number of hydrogen-bond donors (Lipinski definition) is 0. The summed E-state index contributed by atoms with van der Waals surface area (Å²) in [7, 11) is 0. The number of thioether (sulfide) groups is 1. The smallest absolute Gasteiger partial charge is 0.233 e. The molecule has 1 aliphatic rings. The number of amides is 1. The minimum absolute atomic E-state index is 0.148. The summed E-state index contributed by atoms with van der Waals surface area (Å²) in [6, 6.07) is 9.57. The molecule has 0 bridgehead atoms. The average molecular weight is 442 g/mol. The van der Waals surface area contributed by atoms with Crippen LogP contribution >= 0.6 is 23.4 Å². The van der Waals surface area contributed by atoms with Gasteiger partial charge in [-0.15, -0.1) is 10.2 Å². The predicted octanol–water partition coefficient (Wildman–Crippen LogP) is 4.64. The molecule has 1 saturated heterocycles. The lowest BCUT2D eigenvalue weighted by Gasteiger charge is -2.30. The third-order valence-corrected chi connectivity index (χ3v) is 6.84. The molecule has 4 rings (SSSR count). The fraction of sp³-hybridized carbons (Fsp3) is 0.364. The summed E-state index contributed by atoms with van der Waals surface area (Å²) >= 11 is 7.80. The summed E-state index contributed by atoms with van der Waals surface area (Å²) in [5, 5.41) is 10.2. The number of carbonyl (C=O) groups excluding carboxylic acids is 1. The first kappa shape index (κ1) is 20.9. The van der Waals surface area contributed by atoms with Crippen molar-refractivity contribution >= 4 is 29.3 Å². The number of aromatic nitrogens is 4. The summed E-state index contributed by atoms with van der Waals surface area (Å²) in [5.74, 6) is 1.88. The highest BCUT2D eigenvalue weighted by atomic mass is 35.5. The predicted molar refractivity (Wildman–Crippen MR) is 120 cm³/mol. The van der Waals surface area contributed by atoms with Crippen LogP contribution in [0, 0.1) is 12.8 Å². The van der Waals surface area contributed by atoms with Gasteiger partial charge in [0.15, 0.2) is 11.0 Å².